The lowest BCUT2D eigenvalue weighted by Crippen LogP contribution is -2.31. The number of nitrogens with one attached hydrogen (secondary N) is 1. The van der Waals surface area contributed by atoms with Gasteiger partial charge in [0.05, 0.1) is 28.4 Å². The van der Waals surface area contributed by atoms with E-state index in [-0.39, 0.29) is 22.6 Å². The molecule has 11 heteroatoms. The van der Waals surface area contributed by atoms with E-state index in [0.717, 1.165) is 36.7 Å². The zero-order chi connectivity index (χ0) is 29.7. The molecule has 4 rings (SSSR count). The van der Waals surface area contributed by atoms with Crippen molar-refractivity contribution in [3.05, 3.63) is 82.5 Å². The van der Waals surface area contributed by atoms with Gasteiger partial charge in [-0.05, 0) is 67.8 Å². The van der Waals surface area contributed by atoms with Crippen molar-refractivity contribution >= 4 is 50.1 Å². The number of amides is 1. The molecule has 0 fully saturated rings. The molecule has 9 nitrogen and oxygen atoms in total. The Morgan fingerprint density at radius 3 is 2.32 bits per heavy atom. The van der Waals surface area contributed by atoms with Crippen LogP contribution in [0.1, 0.15) is 60.0 Å². The summed E-state index contributed by atoms with van der Waals surface area (Å²) in [5.74, 6) is -0.963. The molecule has 3 aromatic carbocycles. The number of nitrogens with zero attached hydrogens (tertiary/aromatic N) is 3. The predicted molar refractivity (Wildman–Crippen MR) is 161 cm³/mol. The van der Waals surface area contributed by atoms with Crippen molar-refractivity contribution in [2.45, 2.75) is 45.4 Å². The Morgan fingerprint density at radius 1 is 0.976 bits per heavy atom. The van der Waals surface area contributed by atoms with Crippen LogP contribution in [-0.2, 0) is 14.8 Å². The number of hydrogen-bond acceptors (Lipinski definition) is 7. The van der Waals surface area contributed by atoms with Gasteiger partial charge in [-0.15, -0.1) is 5.10 Å². The molecule has 0 radical (unpaired) electrons. The highest BCUT2D eigenvalue weighted by atomic mass is 35.5. The third-order valence-corrected chi connectivity index (χ3v) is 8.32. The number of aromatic nitrogens is 2. The Balaban J connectivity index is 1.71. The fourth-order valence-corrected chi connectivity index (χ4v) is 5.82. The van der Waals surface area contributed by atoms with Crippen LogP contribution < -0.4 is 9.62 Å². The number of carbonyl (C=O) groups is 2. The molecular weight excluding hydrogens is 564 g/mol. The zero-order valence-electron chi connectivity index (χ0n) is 23.5. The molecule has 1 heterocycles. The molecule has 1 N–H and O–H groups in total. The molecule has 0 aliphatic rings. The number of anilines is 1. The molecule has 4 aromatic rings. The van der Waals surface area contributed by atoms with E-state index in [2.05, 4.69) is 23.5 Å². The Hall–Kier alpha value is -3.89. The average Bonchev–Trinajstić information content (AvgIpc) is 3.25. The fourth-order valence-electron chi connectivity index (χ4n) is 4.58. The normalized spacial score (nSPS) is 11.4. The second-order valence-corrected chi connectivity index (χ2v) is 11.6. The van der Waals surface area contributed by atoms with E-state index in [1.165, 1.54) is 30.3 Å². The van der Waals surface area contributed by atoms with Crippen molar-refractivity contribution in [1.82, 2.24) is 14.5 Å². The van der Waals surface area contributed by atoms with Crippen molar-refractivity contribution in [1.29, 1.82) is 0 Å². The molecule has 1 aromatic heterocycles. The van der Waals surface area contributed by atoms with E-state index in [4.69, 9.17) is 21.4 Å². The van der Waals surface area contributed by atoms with E-state index in [1.54, 1.807) is 36.7 Å². The molecular formula is C30H33ClN4O5S. The second-order valence-electron chi connectivity index (χ2n) is 9.52. The largest absolute Gasteiger partial charge is 0.462 e. The monoisotopic (exact) mass is 596 g/mol. The quantitative estimate of drug-likeness (QED) is 0.214. The molecule has 216 valence electrons. The predicted octanol–water partition coefficient (Wildman–Crippen LogP) is 5.91. The summed E-state index contributed by atoms with van der Waals surface area (Å²) >= 11 is 6.70. The summed E-state index contributed by atoms with van der Waals surface area (Å²) in [4.78, 5) is 28.2. The van der Waals surface area contributed by atoms with Crippen molar-refractivity contribution in [3.63, 3.8) is 0 Å². The summed E-state index contributed by atoms with van der Waals surface area (Å²) in [7, 11) is -4.19. The van der Waals surface area contributed by atoms with Gasteiger partial charge in [0.1, 0.15) is 5.02 Å². The maximum absolute atomic E-state index is 13.1. The summed E-state index contributed by atoms with van der Waals surface area (Å²) in [6.45, 7) is 9.24. The summed E-state index contributed by atoms with van der Waals surface area (Å²) < 4.78 is 35.1. The van der Waals surface area contributed by atoms with Gasteiger partial charge in [0.2, 0.25) is 0 Å². The number of fused-ring (bicyclic) bond motifs is 1. The number of hydrogen-bond donors (Lipinski definition) is 1. The molecule has 0 aliphatic carbocycles. The van der Waals surface area contributed by atoms with Gasteiger partial charge in [0.15, 0.2) is 5.82 Å². The Kier molecular flexibility index (Phi) is 9.35. The molecule has 41 heavy (non-hydrogen) atoms. The van der Waals surface area contributed by atoms with Gasteiger partial charge in [-0.2, -0.15) is 0 Å². The lowest BCUT2D eigenvalue weighted by molar-refractivity contribution is 0.0526. The average molecular weight is 597 g/mol. The standard InChI is InChI=1S/C30H33ClN4O5S/c1-5-16-34(17-6-2)28-27(31)20(4)35(32-28)26-15-13-23(19-25(26)30(37)40-7-3)29(36)33-41(38,39)24-14-12-21-10-8-9-11-22(21)18-24/h8-15,18-19H,5-7,16-17H2,1-4H3,(H,33,36). The second kappa shape index (κ2) is 12.7. The minimum absolute atomic E-state index is 0.0316. The van der Waals surface area contributed by atoms with Crippen LogP contribution in [0.3, 0.4) is 0 Å². The molecule has 0 bridgehead atoms. The van der Waals surface area contributed by atoms with Crippen LogP contribution in [-0.4, -0.2) is 49.8 Å². The van der Waals surface area contributed by atoms with E-state index in [0.29, 0.717) is 22.2 Å². The lowest BCUT2D eigenvalue weighted by Gasteiger charge is -2.21. The van der Waals surface area contributed by atoms with E-state index < -0.39 is 21.9 Å². The highest BCUT2D eigenvalue weighted by molar-refractivity contribution is 7.90. The molecule has 1 amide bonds. The molecule has 0 atom stereocenters. The third-order valence-electron chi connectivity index (χ3n) is 6.55. The Morgan fingerprint density at radius 2 is 1.66 bits per heavy atom. The first-order valence-electron chi connectivity index (χ1n) is 13.5. The van der Waals surface area contributed by atoms with Crippen molar-refractivity contribution < 1.29 is 22.7 Å². The van der Waals surface area contributed by atoms with Crippen molar-refractivity contribution in [2.75, 3.05) is 24.6 Å². The first-order valence-corrected chi connectivity index (χ1v) is 15.3. The Labute approximate surface area is 245 Å². The maximum Gasteiger partial charge on any atom is 0.340 e. The van der Waals surface area contributed by atoms with Gasteiger partial charge in [0, 0.05) is 18.7 Å². The van der Waals surface area contributed by atoms with Gasteiger partial charge in [-0.25, -0.2) is 22.6 Å². The van der Waals surface area contributed by atoms with Crippen LogP contribution in [0, 0.1) is 6.92 Å². The first kappa shape index (κ1) is 30.1. The lowest BCUT2D eigenvalue weighted by atomic mass is 10.1. The smallest absolute Gasteiger partial charge is 0.340 e. The highest BCUT2D eigenvalue weighted by Gasteiger charge is 2.25. The Bertz CT molecular complexity index is 1690. The molecule has 0 unspecified atom stereocenters. The number of halogens is 1. The van der Waals surface area contributed by atoms with Gasteiger partial charge in [0.25, 0.3) is 15.9 Å². The number of rotatable bonds is 11. The maximum atomic E-state index is 13.1. The minimum Gasteiger partial charge on any atom is -0.462 e. The molecule has 0 spiro atoms. The third kappa shape index (κ3) is 6.39. The van der Waals surface area contributed by atoms with E-state index >= 15 is 0 Å². The first-order chi connectivity index (χ1) is 19.6. The fraction of sp³-hybridized carbons (Fsp3) is 0.300. The van der Waals surface area contributed by atoms with Crippen molar-refractivity contribution in [3.8, 4) is 5.69 Å². The van der Waals surface area contributed by atoms with Crippen LogP contribution in [0.5, 0.6) is 0 Å². The number of sulfonamides is 1. The SMILES string of the molecule is CCCN(CCC)c1nn(-c2ccc(C(=O)NS(=O)(=O)c3ccc4ccccc4c3)cc2C(=O)OCC)c(C)c1Cl. The summed E-state index contributed by atoms with van der Waals surface area (Å²) in [6, 6.07) is 16.2. The van der Waals surface area contributed by atoms with Crippen LogP contribution in [0.4, 0.5) is 5.82 Å². The summed E-state index contributed by atoms with van der Waals surface area (Å²) in [5, 5.41) is 6.78. The zero-order valence-corrected chi connectivity index (χ0v) is 25.1. The van der Waals surface area contributed by atoms with Crippen molar-refractivity contribution in [2.24, 2.45) is 0 Å². The molecule has 0 saturated heterocycles. The number of carbonyl (C=O) groups excluding carboxylic acids is 2. The van der Waals surface area contributed by atoms with Crippen LogP contribution in [0.15, 0.2) is 65.6 Å². The van der Waals surface area contributed by atoms with Crippen LogP contribution in [0.25, 0.3) is 16.5 Å². The molecule has 0 aliphatic heterocycles. The number of ether oxygens (including phenoxy) is 1. The van der Waals surface area contributed by atoms with Crippen LogP contribution >= 0.6 is 11.6 Å². The number of benzene rings is 3. The highest BCUT2D eigenvalue weighted by Crippen LogP contribution is 2.32. The van der Waals surface area contributed by atoms with Gasteiger partial charge < -0.3 is 9.64 Å². The van der Waals surface area contributed by atoms with Gasteiger partial charge in [-0.1, -0.05) is 55.8 Å². The minimum atomic E-state index is -4.19. The summed E-state index contributed by atoms with van der Waals surface area (Å²) in [5.41, 5.74) is 0.987. The van der Waals surface area contributed by atoms with E-state index in [9.17, 15) is 18.0 Å². The van der Waals surface area contributed by atoms with Crippen LogP contribution in [0.2, 0.25) is 5.02 Å². The summed E-state index contributed by atoms with van der Waals surface area (Å²) in [6.07, 6.45) is 1.81. The topological polar surface area (TPSA) is 111 Å². The van der Waals surface area contributed by atoms with Gasteiger partial charge in [-0.3, -0.25) is 4.79 Å². The number of esters is 1. The molecule has 0 saturated carbocycles. The van der Waals surface area contributed by atoms with Gasteiger partial charge >= 0.3 is 5.97 Å². The van der Waals surface area contributed by atoms with E-state index in [1.807, 2.05) is 12.1 Å².